The molecule has 1 heterocycles. The van der Waals surface area contributed by atoms with Crippen molar-refractivity contribution in [2.75, 3.05) is 0 Å². The maximum absolute atomic E-state index is 7.50. The number of hydrogen-bond donors (Lipinski definition) is 2. The predicted molar refractivity (Wildman–Crippen MR) is 62.3 cm³/mol. The molecule has 0 saturated carbocycles. The van der Waals surface area contributed by atoms with E-state index in [0.717, 1.165) is 10.2 Å². The minimum Gasteiger partial charge on any atom is -0.384 e. The maximum atomic E-state index is 7.50. The number of amidine groups is 1. The summed E-state index contributed by atoms with van der Waals surface area (Å²) in [5.41, 5.74) is 7.05. The molecule has 0 aliphatic carbocycles. The van der Waals surface area contributed by atoms with Crippen LogP contribution >= 0.6 is 15.9 Å². The van der Waals surface area contributed by atoms with Crippen molar-refractivity contribution in [1.29, 1.82) is 5.41 Å². The van der Waals surface area contributed by atoms with Crippen molar-refractivity contribution < 1.29 is 0 Å². The van der Waals surface area contributed by atoms with E-state index in [1.54, 1.807) is 12.5 Å². The lowest BCUT2D eigenvalue weighted by Gasteiger charge is -2.09. The van der Waals surface area contributed by atoms with E-state index >= 15 is 0 Å². The van der Waals surface area contributed by atoms with Crippen LogP contribution in [-0.4, -0.2) is 15.4 Å². The SMILES string of the molecule is N=C(N)c1cc(Br)ccc1-n1ccnc1. The van der Waals surface area contributed by atoms with Gasteiger partial charge >= 0.3 is 0 Å². The number of hydrogen-bond acceptors (Lipinski definition) is 2. The van der Waals surface area contributed by atoms with Crippen LogP contribution in [0.2, 0.25) is 0 Å². The molecule has 0 unspecified atom stereocenters. The lowest BCUT2D eigenvalue weighted by Crippen LogP contribution is -2.14. The Morgan fingerprint density at radius 1 is 1.47 bits per heavy atom. The van der Waals surface area contributed by atoms with E-state index in [0.29, 0.717) is 5.56 Å². The number of halogens is 1. The van der Waals surface area contributed by atoms with Crippen molar-refractivity contribution in [2.45, 2.75) is 0 Å². The Labute approximate surface area is 95.4 Å². The fourth-order valence-corrected chi connectivity index (χ4v) is 1.71. The Bertz CT molecular complexity index is 490. The van der Waals surface area contributed by atoms with Crippen molar-refractivity contribution in [2.24, 2.45) is 5.73 Å². The van der Waals surface area contributed by atoms with Gasteiger partial charge in [-0.05, 0) is 18.2 Å². The Balaban J connectivity index is 2.61. The van der Waals surface area contributed by atoms with Gasteiger partial charge in [0.25, 0.3) is 0 Å². The van der Waals surface area contributed by atoms with Crippen LogP contribution in [0.3, 0.4) is 0 Å². The van der Waals surface area contributed by atoms with Crippen LogP contribution in [0.15, 0.2) is 41.4 Å². The number of nitrogen functional groups attached to an aromatic ring is 1. The molecule has 0 spiro atoms. The molecule has 15 heavy (non-hydrogen) atoms. The molecule has 0 amide bonds. The van der Waals surface area contributed by atoms with E-state index in [1.807, 2.05) is 29.0 Å². The van der Waals surface area contributed by atoms with Crippen molar-refractivity contribution >= 4 is 21.8 Å². The summed E-state index contributed by atoms with van der Waals surface area (Å²) in [7, 11) is 0. The van der Waals surface area contributed by atoms with E-state index in [4.69, 9.17) is 11.1 Å². The second-order valence-corrected chi connectivity index (χ2v) is 3.96. The first-order valence-electron chi connectivity index (χ1n) is 4.31. The third kappa shape index (κ3) is 1.92. The molecule has 0 aliphatic rings. The van der Waals surface area contributed by atoms with Crippen LogP contribution in [0.4, 0.5) is 0 Å². The van der Waals surface area contributed by atoms with Crippen LogP contribution in [0.5, 0.6) is 0 Å². The first kappa shape index (κ1) is 9.92. The third-order valence-corrected chi connectivity index (χ3v) is 2.52. The lowest BCUT2D eigenvalue weighted by molar-refractivity contribution is 1.05. The first-order valence-corrected chi connectivity index (χ1v) is 5.10. The molecular formula is C10H9BrN4. The minimum absolute atomic E-state index is 0.0417. The number of nitrogens with one attached hydrogen (secondary N) is 1. The van der Waals surface area contributed by atoms with E-state index in [9.17, 15) is 0 Å². The summed E-state index contributed by atoms with van der Waals surface area (Å²) in [4.78, 5) is 3.96. The first-order chi connectivity index (χ1) is 7.18. The van der Waals surface area contributed by atoms with Crippen molar-refractivity contribution in [3.63, 3.8) is 0 Å². The predicted octanol–water partition coefficient (Wildman–Crippen LogP) is 1.92. The summed E-state index contributed by atoms with van der Waals surface area (Å²) in [5, 5.41) is 7.50. The van der Waals surface area contributed by atoms with Crippen molar-refractivity contribution in [3.8, 4) is 5.69 Å². The topological polar surface area (TPSA) is 67.7 Å². The molecule has 3 N–H and O–H groups in total. The van der Waals surface area contributed by atoms with Gasteiger partial charge < -0.3 is 10.3 Å². The molecule has 0 aliphatic heterocycles. The average molecular weight is 265 g/mol. The van der Waals surface area contributed by atoms with E-state index in [-0.39, 0.29) is 5.84 Å². The summed E-state index contributed by atoms with van der Waals surface area (Å²) in [6.07, 6.45) is 5.18. The summed E-state index contributed by atoms with van der Waals surface area (Å²) >= 11 is 3.35. The Morgan fingerprint density at radius 2 is 2.27 bits per heavy atom. The Hall–Kier alpha value is -1.62. The molecule has 0 fully saturated rings. The molecule has 5 heteroatoms. The zero-order chi connectivity index (χ0) is 10.8. The fourth-order valence-electron chi connectivity index (χ4n) is 1.35. The van der Waals surface area contributed by atoms with Gasteiger partial charge in [-0.1, -0.05) is 15.9 Å². The van der Waals surface area contributed by atoms with Gasteiger partial charge in [0.15, 0.2) is 0 Å². The van der Waals surface area contributed by atoms with Crippen LogP contribution in [0, 0.1) is 5.41 Å². The van der Waals surface area contributed by atoms with Gasteiger partial charge in [0.05, 0.1) is 12.0 Å². The number of aromatic nitrogens is 2. The number of benzene rings is 1. The zero-order valence-corrected chi connectivity index (χ0v) is 9.40. The standard InChI is InChI=1S/C10H9BrN4/c11-7-1-2-9(8(5-7)10(12)13)15-4-3-14-6-15/h1-6H,(H3,12,13). The van der Waals surface area contributed by atoms with Crippen LogP contribution in [-0.2, 0) is 0 Å². The van der Waals surface area contributed by atoms with Gasteiger partial charge in [-0.3, -0.25) is 5.41 Å². The number of imidazole rings is 1. The highest BCUT2D eigenvalue weighted by Crippen LogP contribution is 2.19. The Morgan fingerprint density at radius 3 is 2.87 bits per heavy atom. The average Bonchev–Trinajstić information content (AvgIpc) is 2.70. The molecule has 1 aromatic heterocycles. The number of nitrogens with two attached hydrogens (primary N) is 1. The largest absolute Gasteiger partial charge is 0.384 e. The molecule has 4 nitrogen and oxygen atoms in total. The third-order valence-electron chi connectivity index (χ3n) is 2.03. The van der Waals surface area contributed by atoms with Crippen molar-refractivity contribution in [3.05, 3.63) is 47.0 Å². The van der Waals surface area contributed by atoms with E-state index in [1.165, 1.54) is 0 Å². The minimum atomic E-state index is 0.0417. The van der Waals surface area contributed by atoms with Gasteiger partial charge in [-0.25, -0.2) is 4.98 Å². The van der Waals surface area contributed by atoms with Gasteiger partial charge in [-0.15, -0.1) is 0 Å². The quantitative estimate of drug-likeness (QED) is 0.643. The monoisotopic (exact) mass is 264 g/mol. The van der Waals surface area contributed by atoms with Crippen molar-refractivity contribution in [1.82, 2.24) is 9.55 Å². The van der Waals surface area contributed by atoms with Crippen LogP contribution < -0.4 is 5.73 Å². The summed E-state index contributed by atoms with van der Waals surface area (Å²) in [6.45, 7) is 0. The highest BCUT2D eigenvalue weighted by atomic mass is 79.9. The number of rotatable bonds is 2. The van der Waals surface area contributed by atoms with Gasteiger partial charge in [0, 0.05) is 22.4 Å². The van der Waals surface area contributed by atoms with Crippen LogP contribution in [0.1, 0.15) is 5.56 Å². The number of nitrogens with zero attached hydrogens (tertiary/aromatic N) is 2. The smallest absolute Gasteiger partial charge is 0.124 e. The van der Waals surface area contributed by atoms with Gasteiger partial charge in [-0.2, -0.15) is 0 Å². The summed E-state index contributed by atoms with van der Waals surface area (Å²) in [5.74, 6) is 0.0417. The zero-order valence-electron chi connectivity index (χ0n) is 7.81. The van der Waals surface area contributed by atoms with Gasteiger partial charge in [0.1, 0.15) is 5.84 Å². The molecule has 0 atom stereocenters. The highest BCUT2D eigenvalue weighted by molar-refractivity contribution is 9.10. The molecule has 0 radical (unpaired) electrons. The molecule has 0 bridgehead atoms. The fraction of sp³-hybridized carbons (Fsp3) is 0. The van der Waals surface area contributed by atoms with Gasteiger partial charge in [0.2, 0.25) is 0 Å². The van der Waals surface area contributed by atoms with Crippen LogP contribution in [0.25, 0.3) is 5.69 Å². The normalized spacial score (nSPS) is 10.2. The molecule has 1 aromatic carbocycles. The summed E-state index contributed by atoms with van der Waals surface area (Å²) < 4.78 is 2.72. The summed E-state index contributed by atoms with van der Waals surface area (Å²) in [6, 6.07) is 5.61. The molecule has 76 valence electrons. The second-order valence-electron chi connectivity index (χ2n) is 3.05. The molecular weight excluding hydrogens is 256 g/mol. The molecule has 2 aromatic rings. The Kier molecular flexibility index (Phi) is 2.55. The van der Waals surface area contributed by atoms with E-state index < -0.39 is 0 Å². The molecule has 0 saturated heterocycles. The molecule has 2 rings (SSSR count). The maximum Gasteiger partial charge on any atom is 0.124 e. The second kappa shape index (κ2) is 3.86. The highest BCUT2D eigenvalue weighted by Gasteiger charge is 2.07. The van der Waals surface area contributed by atoms with E-state index in [2.05, 4.69) is 20.9 Å². The lowest BCUT2D eigenvalue weighted by atomic mass is 10.1.